The van der Waals surface area contributed by atoms with Gasteiger partial charge in [0.25, 0.3) is 0 Å². The number of methoxy groups -OCH3 is 1. The molecule has 2 rings (SSSR count). The number of ether oxygens (including phenoxy) is 2. The van der Waals surface area contributed by atoms with Crippen LogP contribution in [0.25, 0.3) is 0 Å². The standard InChI is InChI=1S/C18H28N2O3/c1-13(12-23-17-7-5-4-6-16(17)22-3)11-20-18(21)15-8-9-19-14(2)10-15/h4-7,13-15,19H,8-12H2,1-3H3,(H,20,21)/t13?,14-,15-/m0/s1. The molecule has 5 heteroatoms. The maximum absolute atomic E-state index is 12.2. The summed E-state index contributed by atoms with van der Waals surface area (Å²) in [5.41, 5.74) is 0. The molecular formula is C18H28N2O3. The van der Waals surface area contributed by atoms with Gasteiger partial charge in [-0.1, -0.05) is 19.1 Å². The third kappa shape index (κ3) is 5.43. The van der Waals surface area contributed by atoms with Gasteiger partial charge in [-0.25, -0.2) is 0 Å². The second-order valence-corrected chi connectivity index (χ2v) is 6.39. The van der Waals surface area contributed by atoms with Crippen LogP contribution in [-0.2, 0) is 4.79 Å². The lowest BCUT2D eigenvalue weighted by Crippen LogP contribution is -2.43. The maximum atomic E-state index is 12.2. The van der Waals surface area contributed by atoms with Crippen molar-refractivity contribution in [2.45, 2.75) is 32.7 Å². The number of piperidine rings is 1. The van der Waals surface area contributed by atoms with Crippen molar-refractivity contribution in [1.82, 2.24) is 10.6 Å². The van der Waals surface area contributed by atoms with E-state index in [0.717, 1.165) is 30.9 Å². The Morgan fingerprint density at radius 1 is 1.39 bits per heavy atom. The summed E-state index contributed by atoms with van der Waals surface area (Å²) in [4.78, 5) is 12.2. The quantitative estimate of drug-likeness (QED) is 0.809. The maximum Gasteiger partial charge on any atom is 0.223 e. The molecule has 23 heavy (non-hydrogen) atoms. The van der Waals surface area contributed by atoms with Gasteiger partial charge in [0.2, 0.25) is 5.91 Å². The summed E-state index contributed by atoms with van der Waals surface area (Å²) in [5, 5.41) is 6.43. The Morgan fingerprint density at radius 3 is 2.83 bits per heavy atom. The molecule has 1 aromatic rings. The number of carbonyl (C=O) groups is 1. The Morgan fingerprint density at radius 2 is 2.13 bits per heavy atom. The van der Waals surface area contributed by atoms with Crippen LogP contribution in [0.2, 0.25) is 0 Å². The van der Waals surface area contributed by atoms with Gasteiger partial charge in [-0.2, -0.15) is 0 Å². The highest BCUT2D eigenvalue weighted by atomic mass is 16.5. The fourth-order valence-corrected chi connectivity index (χ4v) is 2.82. The molecular weight excluding hydrogens is 292 g/mol. The molecule has 128 valence electrons. The van der Waals surface area contributed by atoms with E-state index < -0.39 is 0 Å². The Labute approximate surface area is 138 Å². The van der Waals surface area contributed by atoms with Crippen LogP contribution in [0.15, 0.2) is 24.3 Å². The highest BCUT2D eigenvalue weighted by Gasteiger charge is 2.24. The SMILES string of the molecule is COc1ccccc1OCC(C)CNC(=O)[C@H]1CCN[C@@H](C)C1. The number of nitrogens with one attached hydrogen (secondary N) is 2. The molecule has 1 aromatic carbocycles. The Kier molecular flexibility index (Phi) is 6.71. The predicted octanol–water partition coefficient (Wildman–Crippen LogP) is 2.21. The molecule has 0 radical (unpaired) electrons. The minimum absolute atomic E-state index is 0.133. The summed E-state index contributed by atoms with van der Waals surface area (Å²) >= 11 is 0. The minimum atomic E-state index is 0.133. The van der Waals surface area contributed by atoms with Gasteiger partial charge in [0.15, 0.2) is 11.5 Å². The number of hydrogen-bond acceptors (Lipinski definition) is 4. The molecule has 1 unspecified atom stereocenters. The molecule has 1 aliphatic rings. The fraction of sp³-hybridized carbons (Fsp3) is 0.611. The van der Waals surface area contributed by atoms with E-state index in [1.165, 1.54) is 0 Å². The van der Waals surface area contributed by atoms with Crippen LogP contribution in [0, 0.1) is 11.8 Å². The van der Waals surface area contributed by atoms with Crippen molar-refractivity contribution in [3.8, 4) is 11.5 Å². The smallest absolute Gasteiger partial charge is 0.223 e. The van der Waals surface area contributed by atoms with E-state index in [9.17, 15) is 4.79 Å². The predicted molar refractivity (Wildman–Crippen MR) is 90.9 cm³/mol. The first-order valence-electron chi connectivity index (χ1n) is 8.37. The van der Waals surface area contributed by atoms with E-state index in [2.05, 4.69) is 24.5 Å². The average molecular weight is 320 g/mol. The van der Waals surface area contributed by atoms with Crippen LogP contribution >= 0.6 is 0 Å². The summed E-state index contributed by atoms with van der Waals surface area (Å²) in [5.74, 6) is 2.01. The molecule has 0 bridgehead atoms. The van der Waals surface area contributed by atoms with Crippen molar-refractivity contribution in [2.75, 3.05) is 26.8 Å². The van der Waals surface area contributed by atoms with Gasteiger partial charge in [-0.3, -0.25) is 4.79 Å². The van der Waals surface area contributed by atoms with Crippen molar-refractivity contribution in [2.24, 2.45) is 11.8 Å². The van der Waals surface area contributed by atoms with Gasteiger partial charge in [0, 0.05) is 24.4 Å². The second kappa shape index (κ2) is 8.77. The monoisotopic (exact) mass is 320 g/mol. The zero-order valence-electron chi connectivity index (χ0n) is 14.3. The summed E-state index contributed by atoms with van der Waals surface area (Å²) < 4.78 is 11.1. The first-order chi connectivity index (χ1) is 11.1. The number of benzene rings is 1. The van der Waals surface area contributed by atoms with Gasteiger partial charge in [0.05, 0.1) is 13.7 Å². The van der Waals surface area contributed by atoms with Crippen LogP contribution in [-0.4, -0.2) is 38.8 Å². The number of carbonyl (C=O) groups excluding carboxylic acids is 1. The van der Waals surface area contributed by atoms with E-state index >= 15 is 0 Å². The first-order valence-corrected chi connectivity index (χ1v) is 8.37. The van der Waals surface area contributed by atoms with Crippen molar-refractivity contribution >= 4 is 5.91 Å². The molecule has 1 aliphatic heterocycles. The molecule has 0 spiro atoms. The highest BCUT2D eigenvalue weighted by molar-refractivity contribution is 5.78. The van der Waals surface area contributed by atoms with Crippen LogP contribution in [0.3, 0.4) is 0 Å². The van der Waals surface area contributed by atoms with Crippen molar-refractivity contribution < 1.29 is 14.3 Å². The lowest BCUT2D eigenvalue weighted by Gasteiger charge is -2.27. The number of amides is 1. The Balaban J connectivity index is 1.72. The number of hydrogen-bond donors (Lipinski definition) is 2. The fourth-order valence-electron chi connectivity index (χ4n) is 2.82. The van der Waals surface area contributed by atoms with Crippen LogP contribution < -0.4 is 20.1 Å². The van der Waals surface area contributed by atoms with Gasteiger partial charge >= 0.3 is 0 Å². The molecule has 0 saturated carbocycles. The molecule has 1 heterocycles. The lowest BCUT2D eigenvalue weighted by atomic mass is 9.92. The largest absolute Gasteiger partial charge is 0.493 e. The van der Waals surface area contributed by atoms with E-state index in [4.69, 9.17) is 9.47 Å². The highest BCUT2D eigenvalue weighted by Crippen LogP contribution is 2.26. The molecule has 2 N–H and O–H groups in total. The number of para-hydroxylation sites is 2. The van der Waals surface area contributed by atoms with Gasteiger partial charge in [0.1, 0.15) is 0 Å². The Bertz CT molecular complexity index is 507. The summed E-state index contributed by atoms with van der Waals surface area (Å²) in [6.45, 7) is 6.30. The molecule has 1 amide bonds. The van der Waals surface area contributed by atoms with Gasteiger partial charge < -0.3 is 20.1 Å². The van der Waals surface area contributed by atoms with Gasteiger partial charge in [-0.05, 0) is 38.4 Å². The first kappa shape index (κ1) is 17.6. The van der Waals surface area contributed by atoms with Crippen molar-refractivity contribution in [3.05, 3.63) is 24.3 Å². The zero-order chi connectivity index (χ0) is 16.7. The third-order valence-corrected chi connectivity index (χ3v) is 4.21. The van der Waals surface area contributed by atoms with E-state index in [-0.39, 0.29) is 17.7 Å². The molecule has 1 fully saturated rings. The van der Waals surface area contributed by atoms with Crippen molar-refractivity contribution in [1.29, 1.82) is 0 Å². The van der Waals surface area contributed by atoms with Crippen LogP contribution in [0.5, 0.6) is 11.5 Å². The van der Waals surface area contributed by atoms with Gasteiger partial charge in [-0.15, -0.1) is 0 Å². The normalized spacial score (nSPS) is 22.2. The van der Waals surface area contributed by atoms with Crippen LogP contribution in [0.4, 0.5) is 0 Å². The topological polar surface area (TPSA) is 59.6 Å². The van der Waals surface area contributed by atoms with E-state index in [1.807, 2.05) is 24.3 Å². The summed E-state index contributed by atoms with van der Waals surface area (Å²) in [6, 6.07) is 8.02. The van der Waals surface area contributed by atoms with E-state index in [1.54, 1.807) is 7.11 Å². The lowest BCUT2D eigenvalue weighted by molar-refractivity contribution is -0.126. The van der Waals surface area contributed by atoms with E-state index in [0.29, 0.717) is 19.2 Å². The summed E-state index contributed by atoms with van der Waals surface area (Å²) in [7, 11) is 1.63. The summed E-state index contributed by atoms with van der Waals surface area (Å²) in [6.07, 6.45) is 1.83. The second-order valence-electron chi connectivity index (χ2n) is 6.39. The van der Waals surface area contributed by atoms with Crippen LogP contribution in [0.1, 0.15) is 26.7 Å². The average Bonchev–Trinajstić information content (AvgIpc) is 2.58. The molecule has 0 aromatic heterocycles. The third-order valence-electron chi connectivity index (χ3n) is 4.21. The minimum Gasteiger partial charge on any atom is -0.493 e. The Hall–Kier alpha value is -1.75. The molecule has 3 atom stereocenters. The molecule has 5 nitrogen and oxygen atoms in total. The molecule has 0 aliphatic carbocycles. The van der Waals surface area contributed by atoms with Crippen molar-refractivity contribution in [3.63, 3.8) is 0 Å². The molecule has 1 saturated heterocycles. The number of rotatable bonds is 7. The zero-order valence-corrected chi connectivity index (χ0v) is 14.3.